The van der Waals surface area contributed by atoms with Crippen LogP contribution in [0.1, 0.15) is 38.1 Å². The molecule has 1 atom stereocenters. The molecule has 2 heterocycles. The van der Waals surface area contributed by atoms with Gasteiger partial charge in [0, 0.05) is 28.4 Å². The van der Waals surface area contributed by atoms with Gasteiger partial charge in [0.1, 0.15) is 12.1 Å². The standard InChI is InChI=1S/C25H27N5O3S/c1-16(2)29-15-26-25-28-20(13-23(31)30(25)29)14-34-22-11-7-19(8-12-22)27-24(32)18(4)33-21-9-5-17(3)6-10-21/h5-13,15-16,18H,14H2,1-4H3,(H,27,32). The molecule has 0 saturated carbocycles. The van der Waals surface area contributed by atoms with E-state index in [0.717, 1.165) is 10.5 Å². The molecule has 0 aliphatic rings. The third kappa shape index (κ3) is 5.48. The molecule has 4 aromatic rings. The van der Waals surface area contributed by atoms with Crippen LogP contribution in [0.4, 0.5) is 5.69 Å². The Morgan fingerprint density at radius 2 is 1.79 bits per heavy atom. The molecular weight excluding hydrogens is 450 g/mol. The number of aromatic nitrogens is 4. The van der Waals surface area contributed by atoms with E-state index in [4.69, 9.17) is 4.74 Å². The number of nitrogens with zero attached hydrogens (tertiary/aromatic N) is 4. The Morgan fingerprint density at radius 1 is 1.09 bits per heavy atom. The number of rotatable bonds is 8. The second kappa shape index (κ2) is 10.1. The number of aryl methyl sites for hydroxylation is 1. The summed E-state index contributed by atoms with van der Waals surface area (Å²) in [5.74, 6) is 1.37. The molecule has 8 nitrogen and oxygen atoms in total. The summed E-state index contributed by atoms with van der Waals surface area (Å²) in [4.78, 5) is 34.8. The Hall–Kier alpha value is -3.59. The molecule has 9 heteroatoms. The van der Waals surface area contributed by atoms with Gasteiger partial charge < -0.3 is 10.1 Å². The van der Waals surface area contributed by atoms with Gasteiger partial charge in [-0.1, -0.05) is 17.7 Å². The number of amides is 1. The first-order valence-corrected chi connectivity index (χ1v) is 12.0. The summed E-state index contributed by atoms with van der Waals surface area (Å²) in [6, 6.07) is 16.8. The molecule has 2 aromatic heterocycles. The molecule has 0 radical (unpaired) electrons. The molecule has 1 N–H and O–H groups in total. The average Bonchev–Trinajstić information content (AvgIpc) is 3.25. The Kier molecular flexibility index (Phi) is 7.02. The van der Waals surface area contributed by atoms with E-state index in [-0.39, 0.29) is 17.5 Å². The highest BCUT2D eigenvalue weighted by molar-refractivity contribution is 7.98. The van der Waals surface area contributed by atoms with Crippen molar-refractivity contribution in [1.82, 2.24) is 19.2 Å². The highest BCUT2D eigenvalue weighted by Gasteiger charge is 2.15. The Balaban J connectivity index is 1.34. The van der Waals surface area contributed by atoms with Crippen LogP contribution in [0.15, 0.2) is 70.6 Å². The maximum Gasteiger partial charge on any atom is 0.274 e. The summed E-state index contributed by atoms with van der Waals surface area (Å²) in [7, 11) is 0. The highest BCUT2D eigenvalue weighted by Crippen LogP contribution is 2.24. The first kappa shape index (κ1) is 23.6. The quantitative estimate of drug-likeness (QED) is 0.376. The molecule has 1 unspecified atom stereocenters. The van der Waals surface area contributed by atoms with Crippen molar-refractivity contribution in [2.24, 2.45) is 0 Å². The van der Waals surface area contributed by atoms with Gasteiger partial charge in [0.2, 0.25) is 0 Å². The van der Waals surface area contributed by atoms with Crippen molar-refractivity contribution in [3.63, 3.8) is 0 Å². The fourth-order valence-corrected chi connectivity index (χ4v) is 4.11. The monoisotopic (exact) mass is 477 g/mol. The third-order valence-corrected chi connectivity index (χ3v) is 6.24. The third-order valence-electron chi connectivity index (χ3n) is 5.20. The number of thioether (sulfide) groups is 1. The lowest BCUT2D eigenvalue weighted by molar-refractivity contribution is -0.122. The van der Waals surface area contributed by atoms with Gasteiger partial charge in [-0.2, -0.15) is 9.50 Å². The predicted octanol–water partition coefficient (Wildman–Crippen LogP) is 4.48. The first-order chi connectivity index (χ1) is 16.3. The summed E-state index contributed by atoms with van der Waals surface area (Å²) in [5, 5.41) is 2.87. The molecule has 0 aliphatic heterocycles. The van der Waals surface area contributed by atoms with Crippen LogP contribution in [-0.4, -0.2) is 31.2 Å². The van der Waals surface area contributed by atoms with Gasteiger partial charge in [-0.15, -0.1) is 11.8 Å². The molecule has 0 saturated heterocycles. The van der Waals surface area contributed by atoms with Gasteiger partial charge in [0.25, 0.3) is 17.2 Å². The highest BCUT2D eigenvalue weighted by atomic mass is 32.2. The summed E-state index contributed by atoms with van der Waals surface area (Å²) in [6.45, 7) is 7.69. The maximum atomic E-state index is 12.5. The zero-order valence-corrected chi connectivity index (χ0v) is 20.4. The SMILES string of the molecule is Cc1ccc(OC(C)C(=O)Nc2ccc(SCc3cc(=O)n4c(ncn4C(C)C)n3)cc2)cc1. The first-order valence-electron chi connectivity index (χ1n) is 11.0. The van der Waals surface area contributed by atoms with Crippen LogP contribution in [-0.2, 0) is 10.5 Å². The van der Waals surface area contributed by atoms with Gasteiger partial charge in [0.05, 0.1) is 5.69 Å². The number of hydrogen-bond donors (Lipinski definition) is 1. The van der Waals surface area contributed by atoms with Crippen LogP contribution in [0.2, 0.25) is 0 Å². The molecule has 0 fully saturated rings. The fourth-order valence-electron chi connectivity index (χ4n) is 3.32. The topological polar surface area (TPSA) is 90.5 Å². The minimum absolute atomic E-state index is 0.112. The summed E-state index contributed by atoms with van der Waals surface area (Å²) >= 11 is 1.56. The molecule has 0 aliphatic carbocycles. The smallest absolute Gasteiger partial charge is 0.274 e. The van der Waals surface area contributed by atoms with Gasteiger partial charge >= 0.3 is 0 Å². The van der Waals surface area contributed by atoms with Crippen molar-refractivity contribution in [1.29, 1.82) is 0 Å². The van der Waals surface area contributed by atoms with Crippen molar-refractivity contribution in [3.8, 4) is 5.75 Å². The fraction of sp³-hybridized carbons (Fsp3) is 0.280. The van der Waals surface area contributed by atoms with E-state index in [1.54, 1.807) is 35.8 Å². The van der Waals surface area contributed by atoms with Crippen LogP contribution < -0.4 is 15.6 Å². The number of anilines is 1. The summed E-state index contributed by atoms with van der Waals surface area (Å²) < 4.78 is 8.96. The van der Waals surface area contributed by atoms with Crippen molar-refractivity contribution >= 4 is 29.1 Å². The van der Waals surface area contributed by atoms with E-state index in [1.165, 1.54) is 4.52 Å². The maximum absolute atomic E-state index is 12.5. The molecule has 34 heavy (non-hydrogen) atoms. The Morgan fingerprint density at radius 3 is 2.47 bits per heavy atom. The minimum atomic E-state index is -0.629. The molecule has 2 aromatic carbocycles. The van der Waals surface area contributed by atoms with Crippen molar-refractivity contribution in [2.45, 2.75) is 50.5 Å². The van der Waals surface area contributed by atoms with Gasteiger partial charge in [0.15, 0.2) is 6.10 Å². The van der Waals surface area contributed by atoms with Crippen molar-refractivity contribution < 1.29 is 9.53 Å². The minimum Gasteiger partial charge on any atom is -0.481 e. The zero-order valence-electron chi connectivity index (χ0n) is 19.6. The predicted molar refractivity (Wildman–Crippen MR) is 134 cm³/mol. The van der Waals surface area contributed by atoms with E-state index in [0.29, 0.717) is 28.7 Å². The van der Waals surface area contributed by atoms with E-state index < -0.39 is 6.10 Å². The second-order valence-electron chi connectivity index (χ2n) is 8.29. The molecular formula is C25H27N5O3S. The molecule has 4 rings (SSSR count). The van der Waals surface area contributed by atoms with Crippen LogP contribution in [0.3, 0.4) is 0 Å². The molecule has 176 valence electrons. The summed E-state index contributed by atoms with van der Waals surface area (Å²) in [5.41, 5.74) is 2.34. The number of nitrogens with one attached hydrogen (secondary N) is 1. The summed E-state index contributed by atoms with van der Waals surface area (Å²) in [6.07, 6.45) is 1.00. The largest absolute Gasteiger partial charge is 0.481 e. The average molecular weight is 478 g/mol. The second-order valence-corrected chi connectivity index (χ2v) is 9.34. The number of carbonyl (C=O) groups is 1. The van der Waals surface area contributed by atoms with E-state index in [9.17, 15) is 9.59 Å². The number of ether oxygens (including phenoxy) is 1. The lowest BCUT2D eigenvalue weighted by Crippen LogP contribution is -2.30. The van der Waals surface area contributed by atoms with Gasteiger partial charge in [-0.25, -0.2) is 4.98 Å². The number of carbonyl (C=O) groups excluding carboxylic acids is 1. The van der Waals surface area contributed by atoms with Crippen LogP contribution >= 0.6 is 11.8 Å². The van der Waals surface area contributed by atoms with E-state index in [2.05, 4.69) is 15.3 Å². The zero-order chi connectivity index (χ0) is 24.2. The van der Waals surface area contributed by atoms with E-state index >= 15 is 0 Å². The molecule has 0 spiro atoms. The lowest BCUT2D eigenvalue weighted by atomic mass is 10.2. The Bertz CT molecular complexity index is 1340. The van der Waals surface area contributed by atoms with Crippen molar-refractivity contribution in [3.05, 3.63) is 82.5 Å². The Labute approximate surface area is 202 Å². The van der Waals surface area contributed by atoms with Crippen LogP contribution in [0.5, 0.6) is 5.75 Å². The van der Waals surface area contributed by atoms with Crippen LogP contribution in [0, 0.1) is 6.92 Å². The van der Waals surface area contributed by atoms with E-state index in [1.807, 2.05) is 69.3 Å². The molecule has 0 bridgehead atoms. The van der Waals surface area contributed by atoms with Crippen LogP contribution in [0.25, 0.3) is 5.78 Å². The normalized spacial score (nSPS) is 12.1. The molecule has 1 amide bonds. The number of hydrogen-bond acceptors (Lipinski definition) is 6. The van der Waals surface area contributed by atoms with Crippen molar-refractivity contribution in [2.75, 3.05) is 5.32 Å². The van der Waals surface area contributed by atoms with Gasteiger partial charge in [-0.3, -0.25) is 14.3 Å². The number of benzene rings is 2. The lowest BCUT2D eigenvalue weighted by Gasteiger charge is -2.15. The van der Waals surface area contributed by atoms with Gasteiger partial charge in [-0.05, 0) is 64.1 Å². The number of fused-ring (bicyclic) bond motifs is 1.